The molecule has 1 aromatic carbocycles. The zero-order valence-electron chi connectivity index (χ0n) is 12.4. The van der Waals surface area contributed by atoms with Gasteiger partial charge in [-0.05, 0) is 25.5 Å². The third kappa shape index (κ3) is 1.40. The van der Waals surface area contributed by atoms with Crippen molar-refractivity contribution < 1.29 is 19.4 Å². The minimum absolute atomic E-state index is 0.244. The number of amides is 2. The Morgan fingerprint density at radius 3 is 2.55 bits per heavy atom. The van der Waals surface area contributed by atoms with E-state index in [0.717, 1.165) is 5.56 Å². The number of anilines is 1. The van der Waals surface area contributed by atoms with Gasteiger partial charge in [0.2, 0.25) is 11.8 Å². The molecule has 2 bridgehead atoms. The molecule has 0 aromatic heterocycles. The molecule has 1 N–H and O–H groups in total. The van der Waals surface area contributed by atoms with Crippen molar-refractivity contribution in [3.63, 3.8) is 0 Å². The number of carbonyl (C=O) groups excluding carboxylic acids is 2. The van der Waals surface area contributed by atoms with Gasteiger partial charge in [0.25, 0.3) is 0 Å². The molecule has 0 radical (unpaired) electrons. The van der Waals surface area contributed by atoms with Gasteiger partial charge >= 0.3 is 0 Å². The van der Waals surface area contributed by atoms with Crippen molar-refractivity contribution >= 4 is 17.5 Å². The van der Waals surface area contributed by atoms with E-state index in [2.05, 4.69) is 0 Å². The number of hydrogen-bond acceptors (Lipinski definition) is 4. The SMILES string of the molecule is Cc1ccccc1N1C(=O)[C@H]2[C@H](C1=O)[C@]1(C)C=C[C@]2(CO)O1. The van der Waals surface area contributed by atoms with Crippen molar-refractivity contribution in [2.45, 2.75) is 25.0 Å². The van der Waals surface area contributed by atoms with Gasteiger partial charge in [0.15, 0.2) is 0 Å². The first-order chi connectivity index (χ1) is 10.4. The topological polar surface area (TPSA) is 66.8 Å². The van der Waals surface area contributed by atoms with E-state index < -0.39 is 23.0 Å². The Kier molecular flexibility index (Phi) is 2.52. The highest BCUT2D eigenvalue weighted by molar-refractivity contribution is 6.23. The predicted molar refractivity (Wildman–Crippen MR) is 79.1 cm³/mol. The van der Waals surface area contributed by atoms with Gasteiger partial charge in [0.1, 0.15) is 5.60 Å². The van der Waals surface area contributed by atoms with E-state index >= 15 is 0 Å². The van der Waals surface area contributed by atoms with Crippen LogP contribution in [0.2, 0.25) is 0 Å². The second-order valence-corrected chi connectivity index (χ2v) is 6.49. The number of imide groups is 1. The van der Waals surface area contributed by atoms with Crippen LogP contribution >= 0.6 is 0 Å². The molecular formula is C17H17NO4. The van der Waals surface area contributed by atoms with Gasteiger partial charge in [-0.15, -0.1) is 0 Å². The van der Waals surface area contributed by atoms with Crippen molar-refractivity contribution in [1.82, 2.24) is 0 Å². The lowest BCUT2D eigenvalue weighted by Crippen LogP contribution is -2.43. The third-order valence-electron chi connectivity index (χ3n) is 5.16. The van der Waals surface area contributed by atoms with Gasteiger partial charge in [-0.1, -0.05) is 30.4 Å². The molecule has 2 saturated heterocycles. The summed E-state index contributed by atoms with van der Waals surface area (Å²) in [5.74, 6) is -1.76. The van der Waals surface area contributed by atoms with E-state index in [1.165, 1.54) is 4.90 Å². The molecule has 22 heavy (non-hydrogen) atoms. The molecule has 3 aliphatic rings. The van der Waals surface area contributed by atoms with Gasteiger partial charge in [-0.2, -0.15) is 0 Å². The summed E-state index contributed by atoms with van der Waals surface area (Å²) in [5.41, 5.74) is -0.405. The molecule has 0 saturated carbocycles. The first-order valence-corrected chi connectivity index (χ1v) is 7.38. The fourth-order valence-corrected chi connectivity index (χ4v) is 4.09. The number of nitrogens with zero attached hydrogens (tertiary/aromatic N) is 1. The number of ether oxygens (including phenoxy) is 1. The number of fused-ring (bicyclic) bond motifs is 5. The highest BCUT2D eigenvalue weighted by atomic mass is 16.5. The normalized spacial score (nSPS) is 39.0. The largest absolute Gasteiger partial charge is 0.393 e. The van der Waals surface area contributed by atoms with E-state index in [0.29, 0.717) is 5.69 Å². The second-order valence-electron chi connectivity index (χ2n) is 6.49. The quantitative estimate of drug-likeness (QED) is 0.658. The van der Waals surface area contributed by atoms with E-state index in [1.807, 2.05) is 25.1 Å². The average Bonchev–Trinajstić information content (AvgIpc) is 3.07. The van der Waals surface area contributed by atoms with Crippen LogP contribution in [0.1, 0.15) is 12.5 Å². The van der Waals surface area contributed by atoms with Crippen molar-refractivity contribution in [2.24, 2.45) is 11.8 Å². The molecular weight excluding hydrogens is 282 g/mol. The number of aryl methyl sites for hydroxylation is 1. The molecule has 2 fully saturated rings. The fraction of sp³-hybridized carbons (Fsp3) is 0.412. The molecule has 2 amide bonds. The Morgan fingerprint density at radius 1 is 1.18 bits per heavy atom. The molecule has 0 unspecified atom stereocenters. The van der Waals surface area contributed by atoms with E-state index in [-0.39, 0.29) is 18.4 Å². The number of para-hydroxylation sites is 1. The molecule has 5 heteroatoms. The summed E-state index contributed by atoms with van der Waals surface area (Å²) >= 11 is 0. The van der Waals surface area contributed by atoms with Crippen LogP contribution in [-0.2, 0) is 14.3 Å². The Labute approximate surface area is 128 Å². The monoisotopic (exact) mass is 299 g/mol. The number of carbonyl (C=O) groups is 2. The number of benzene rings is 1. The Balaban J connectivity index is 1.84. The summed E-state index contributed by atoms with van der Waals surface area (Å²) in [6, 6.07) is 7.33. The molecule has 1 aromatic rings. The predicted octanol–water partition coefficient (Wildman–Crippen LogP) is 1.19. The summed E-state index contributed by atoms with van der Waals surface area (Å²) < 4.78 is 5.89. The summed E-state index contributed by atoms with van der Waals surface area (Å²) in [7, 11) is 0. The lowest BCUT2D eigenvalue weighted by molar-refractivity contribution is -0.131. The fourth-order valence-electron chi connectivity index (χ4n) is 4.09. The maximum atomic E-state index is 12.9. The first-order valence-electron chi connectivity index (χ1n) is 7.38. The van der Waals surface area contributed by atoms with E-state index in [9.17, 15) is 14.7 Å². The van der Waals surface area contributed by atoms with Crippen molar-refractivity contribution in [1.29, 1.82) is 0 Å². The van der Waals surface area contributed by atoms with E-state index in [4.69, 9.17) is 4.74 Å². The highest BCUT2D eigenvalue weighted by Crippen LogP contribution is 2.57. The van der Waals surface area contributed by atoms with Crippen molar-refractivity contribution in [3.05, 3.63) is 42.0 Å². The molecule has 4 atom stereocenters. The molecule has 114 valence electrons. The average molecular weight is 299 g/mol. The van der Waals surface area contributed by atoms with Crippen LogP contribution < -0.4 is 4.90 Å². The summed E-state index contributed by atoms with van der Waals surface area (Å²) in [5, 5.41) is 9.76. The zero-order valence-corrected chi connectivity index (χ0v) is 12.4. The molecule has 3 aliphatic heterocycles. The zero-order chi connectivity index (χ0) is 15.7. The minimum Gasteiger partial charge on any atom is -0.393 e. The Morgan fingerprint density at radius 2 is 1.86 bits per heavy atom. The number of hydrogen-bond donors (Lipinski definition) is 1. The van der Waals surface area contributed by atoms with E-state index in [1.54, 1.807) is 25.1 Å². The standard InChI is InChI=1S/C17H17NO4/c1-10-5-3-4-6-11(10)18-14(20)12-13(15(18)21)17(9-19)8-7-16(12,2)22-17/h3-8,12-13,19H,9H2,1-2H3/t12-,13-,16+,17-/m1/s1. The smallest absolute Gasteiger partial charge is 0.241 e. The van der Waals surface area contributed by atoms with Crippen LogP contribution in [0.15, 0.2) is 36.4 Å². The number of aliphatic hydroxyl groups excluding tert-OH is 1. The lowest BCUT2D eigenvalue weighted by Gasteiger charge is -2.27. The molecule has 0 aliphatic carbocycles. The Hall–Kier alpha value is -1.98. The van der Waals surface area contributed by atoms with Crippen LogP contribution in [0.4, 0.5) is 5.69 Å². The number of rotatable bonds is 2. The lowest BCUT2D eigenvalue weighted by atomic mass is 9.73. The molecule has 5 nitrogen and oxygen atoms in total. The van der Waals surface area contributed by atoms with Crippen LogP contribution in [0.5, 0.6) is 0 Å². The summed E-state index contributed by atoms with van der Waals surface area (Å²) in [6.45, 7) is 3.37. The van der Waals surface area contributed by atoms with Crippen molar-refractivity contribution in [3.8, 4) is 0 Å². The van der Waals surface area contributed by atoms with Crippen LogP contribution in [-0.4, -0.2) is 34.7 Å². The van der Waals surface area contributed by atoms with Gasteiger partial charge in [-0.3, -0.25) is 9.59 Å². The van der Waals surface area contributed by atoms with Gasteiger partial charge in [0, 0.05) is 0 Å². The van der Waals surface area contributed by atoms with Gasteiger partial charge < -0.3 is 9.84 Å². The van der Waals surface area contributed by atoms with Crippen LogP contribution in [0, 0.1) is 18.8 Å². The second kappa shape index (κ2) is 4.06. The first kappa shape index (κ1) is 13.7. The molecule has 0 spiro atoms. The maximum Gasteiger partial charge on any atom is 0.241 e. The van der Waals surface area contributed by atoms with Gasteiger partial charge in [-0.25, -0.2) is 4.90 Å². The van der Waals surface area contributed by atoms with Crippen LogP contribution in [0.3, 0.4) is 0 Å². The number of aliphatic hydroxyl groups is 1. The highest BCUT2D eigenvalue weighted by Gasteiger charge is 2.72. The summed E-state index contributed by atoms with van der Waals surface area (Å²) in [4.78, 5) is 27.1. The third-order valence-corrected chi connectivity index (χ3v) is 5.16. The molecule has 4 rings (SSSR count). The van der Waals surface area contributed by atoms with Gasteiger partial charge in [0.05, 0.1) is 29.7 Å². The summed E-state index contributed by atoms with van der Waals surface area (Å²) in [6.07, 6.45) is 3.54. The van der Waals surface area contributed by atoms with Crippen molar-refractivity contribution in [2.75, 3.05) is 11.5 Å². The molecule has 3 heterocycles. The maximum absolute atomic E-state index is 12.9. The van der Waals surface area contributed by atoms with Crippen LogP contribution in [0.25, 0.3) is 0 Å². The Bertz CT molecular complexity index is 727. The minimum atomic E-state index is -1.07.